The van der Waals surface area contributed by atoms with E-state index in [4.69, 9.17) is 0 Å². The number of hydrogen-bond donors (Lipinski definition) is 0. The maximum atomic E-state index is 4.63. The Morgan fingerprint density at radius 2 is 2.07 bits per heavy atom. The van der Waals surface area contributed by atoms with Crippen LogP contribution in [0.5, 0.6) is 0 Å². The minimum atomic E-state index is 0.774. The molecular formula is C9H5N3OS. The Morgan fingerprint density at radius 3 is 2.93 bits per heavy atom. The van der Waals surface area contributed by atoms with Crippen LogP contribution in [0, 0.1) is 0 Å². The number of fused-ring (bicyclic) bond motifs is 1. The lowest BCUT2D eigenvalue weighted by Gasteiger charge is -1.93. The summed E-state index contributed by atoms with van der Waals surface area (Å²) in [5.74, 6) is 0. The van der Waals surface area contributed by atoms with E-state index in [1.807, 2.05) is 24.4 Å². The first-order valence-corrected chi connectivity index (χ1v) is 4.92. The molecule has 1 aromatic carbocycles. The van der Waals surface area contributed by atoms with Crippen LogP contribution < -0.4 is 0 Å². The molecule has 0 saturated heterocycles. The van der Waals surface area contributed by atoms with Crippen molar-refractivity contribution in [3.8, 4) is 10.4 Å². The van der Waals surface area contributed by atoms with Crippen LogP contribution in [-0.2, 0) is 0 Å². The maximum absolute atomic E-state index is 4.63. The van der Waals surface area contributed by atoms with Gasteiger partial charge in [0.2, 0.25) is 0 Å². The molecule has 2 heterocycles. The largest absolute Gasteiger partial charge is 0.252 e. The van der Waals surface area contributed by atoms with E-state index < -0.39 is 0 Å². The molecule has 0 spiro atoms. The Hall–Kier alpha value is -1.75. The topological polar surface area (TPSA) is 51.8 Å². The van der Waals surface area contributed by atoms with E-state index in [9.17, 15) is 0 Å². The van der Waals surface area contributed by atoms with Crippen molar-refractivity contribution in [1.29, 1.82) is 0 Å². The van der Waals surface area contributed by atoms with E-state index in [1.54, 1.807) is 16.8 Å². The van der Waals surface area contributed by atoms with Crippen LogP contribution in [-0.4, -0.2) is 15.3 Å². The van der Waals surface area contributed by atoms with Crippen LogP contribution in [0.25, 0.3) is 21.5 Å². The van der Waals surface area contributed by atoms with Crippen LogP contribution in [0.4, 0.5) is 0 Å². The molecule has 0 aliphatic carbocycles. The van der Waals surface area contributed by atoms with Gasteiger partial charge >= 0.3 is 0 Å². The summed E-state index contributed by atoms with van der Waals surface area (Å²) < 4.78 is 4.63. The standard InChI is InChI=1S/C9H5N3OS/c1-2-7-8(12-13-11-7)3-6(1)9-4-10-5-14-9/h1-5H. The number of benzene rings is 1. The lowest BCUT2D eigenvalue weighted by molar-refractivity contribution is 0.315. The molecule has 3 aromatic rings. The van der Waals surface area contributed by atoms with E-state index in [0.717, 1.165) is 21.5 Å². The highest BCUT2D eigenvalue weighted by molar-refractivity contribution is 7.13. The van der Waals surface area contributed by atoms with Gasteiger partial charge in [0, 0.05) is 6.20 Å². The molecule has 5 heteroatoms. The van der Waals surface area contributed by atoms with Crippen LogP contribution in [0.15, 0.2) is 34.5 Å². The van der Waals surface area contributed by atoms with Crippen molar-refractivity contribution in [2.45, 2.75) is 0 Å². The maximum Gasteiger partial charge on any atom is 0.135 e. The zero-order valence-corrected chi connectivity index (χ0v) is 7.86. The highest BCUT2D eigenvalue weighted by Gasteiger charge is 2.03. The average molecular weight is 203 g/mol. The van der Waals surface area contributed by atoms with Crippen molar-refractivity contribution in [1.82, 2.24) is 15.3 Å². The molecule has 0 amide bonds. The smallest absolute Gasteiger partial charge is 0.135 e. The summed E-state index contributed by atoms with van der Waals surface area (Å²) in [6.07, 6.45) is 1.83. The minimum absolute atomic E-state index is 0.774. The highest BCUT2D eigenvalue weighted by Crippen LogP contribution is 2.25. The molecule has 0 atom stereocenters. The predicted molar refractivity (Wildman–Crippen MR) is 52.9 cm³/mol. The predicted octanol–water partition coefficient (Wildman–Crippen LogP) is 2.35. The Kier molecular flexibility index (Phi) is 1.57. The summed E-state index contributed by atoms with van der Waals surface area (Å²) in [7, 11) is 0. The second-order valence-corrected chi connectivity index (χ2v) is 3.72. The van der Waals surface area contributed by atoms with Gasteiger partial charge in [-0.2, -0.15) is 0 Å². The van der Waals surface area contributed by atoms with Gasteiger partial charge in [-0.05, 0) is 28.0 Å². The third kappa shape index (κ3) is 1.10. The lowest BCUT2D eigenvalue weighted by Crippen LogP contribution is -1.73. The molecule has 0 unspecified atom stereocenters. The van der Waals surface area contributed by atoms with Gasteiger partial charge in [-0.15, -0.1) is 11.3 Å². The third-order valence-electron chi connectivity index (χ3n) is 1.97. The number of nitrogens with zero attached hydrogens (tertiary/aromatic N) is 3. The van der Waals surface area contributed by atoms with Crippen LogP contribution >= 0.6 is 11.3 Å². The number of rotatable bonds is 1. The lowest BCUT2D eigenvalue weighted by atomic mass is 10.2. The van der Waals surface area contributed by atoms with Gasteiger partial charge in [0.05, 0.1) is 10.4 Å². The number of aromatic nitrogens is 3. The average Bonchev–Trinajstić information content (AvgIpc) is 2.88. The second kappa shape index (κ2) is 2.88. The van der Waals surface area contributed by atoms with Gasteiger partial charge in [-0.1, -0.05) is 6.07 Å². The number of hydrogen-bond acceptors (Lipinski definition) is 5. The van der Waals surface area contributed by atoms with Crippen molar-refractivity contribution < 1.29 is 4.63 Å². The summed E-state index contributed by atoms with van der Waals surface area (Å²) in [6, 6.07) is 5.82. The fraction of sp³-hybridized carbons (Fsp3) is 0. The normalized spacial score (nSPS) is 10.9. The molecule has 0 aliphatic rings. The first-order valence-electron chi connectivity index (χ1n) is 4.05. The number of thiazole rings is 1. The molecule has 3 rings (SSSR count). The van der Waals surface area contributed by atoms with Crippen LogP contribution in [0.1, 0.15) is 0 Å². The third-order valence-corrected chi connectivity index (χ3v) is 2.79. The molecule has 0 bridgehead atoms. The van der Waals surface area contributed by atoms with E-state index in [0.29, 0.717) is 0 Å². The van der Waals surface area contributed by atoms with Gasteiger partial charge in [0.25, 0.3) is 0 Å². The van der Waals surface area contributed by atoms with Crippen molar-refractivity contribution in [2.24, 2.45) is 0 Å². The summed E-state index contributed by atoms with van der Waals surface area (Å²) >= 11 is 1.60. The van der Waals surface area contributed by atoms with E-state index >= 15 is 0 Å². The molecule has 0 aliphatic heterocycles. The zero-order valence-electron chi connectivity index (χ0n) is 7.04. The quantitative estimate of drug-likeness (QED) is 0.609. The molecule has 0 saturated carbocycles. The van der Waals surface area contributed by atoms with Gasteiger partial charge in [-0.3, -0.25) is 4.98 Å². The Balaban J connectivity index is 2.23. The van der Waals surface area contributed by atoms with Crippen LogP contribution in [0.2, 0.25) is 0 Å². The van der Waals surface area contributed by atoms with Gasteiger partial charge in [0.1, 0.15) is 11.0 Å². The first-order chi connectivity index (χ1) is 6.93. The van der Waals surface area contributed by atoms with Crippen molar-refractivity contribution in [3.63, 3.8) is 0 Å². The zero-order chi connectivity index (χ0) is 9.38. The van der Waals surface area contributed by atoms with Crippen molar-refractivity contribution in [2.75, 3.05) is 0 Å². The van der Waals surface area contributed by atoms with Crippen LogP contribution in [0.3, 0.4) is 0 Å². The summed E-state index contributed by atoms with van der Waals surface area (Å²) in [5, 5.41) is 7.53. The van der Waals surface area contributed by atoms with Crippen molar-refractivity contribution >= 4 is 22.4 Å². The summed E-state index contributed by atoms with van der Waals surface area (Å²) in [6.45, 7) is 0. The van der Waals surface area contributed by atoms with E-state index in [-0.39, 0.29) is 0 Å². The molecule has 4 nitrogen and oxygen atoms in total. The summed E-state index contributed by atoms with van der Waals surface area (Å²) in [4.78, 5) is 5.15. The SMILES string of the molecule is c1ncc(-c2ccc3nonc3c2)s1. The van der Waals surface area contributed by atoms with Gasteiger partial charge < -0.3 is 0 Å². The molecule has 0 N–H and O–H groups in total. The highest BCUT2D eigenvalue weighted by atomic mass is 32.1. The Bertz CT molecular complexity index is 558. The molecular weight excluding hydrogens is 198 g/mol. The fourth-order valence-electron chi connectivity index (χ4n) is 1.29. The van der Waals surface area contributed by atoms with Gasteiger partial charge in [0.15, 0.2) is 0 Å². The van der Waals surface area contributed by atoms with Crippen molar-refractivity contribution in [3.05, 3.63) is 29.9 Å². The molecule has 2 aromatic heterocycles. The molecule has 14 heavy (non-hydrogen) atoms. The molecule has 68 valence electrons. The van der Waals surface area contributed by atoms with Gasteiger partial charge in [-0.25, -0.2) is 4.63 Å². The fourth-order valence-corrected chi connectivity index (χ4v) is 1.91. The first kappa shape index (κ1) is 7.64. The molecule has 0 radical (unpaired) electrons. The monoisotopic (exact) mass is 203 g/mol. The molecule has 0 fully saturated rings. The Morgan fingerprint density at radius 1 is 1.14 bits per heavy atom. The second-order valence-electron chi connectivity index (χ2n) is 2.83. The Labute approximate surface area is 83.2 Å². The van der Waals surface area contributed by atoms with E-state index in [1.165, 1.54) is 0 Å². The summed E-state index contributed by atoms with van der Waals surface area (Å²) in [5.41, 5.74) is 4.45. The van der Waals surface area contributed by atoms with E-state index in [2.05, 4.69) is 19.9 Å². The minimum Gasteiger partial charge on any atom is -0.252 e.